The summed E-state index contributed by atoms with van der Waals surface area (Å²) in [5, 5.41) is 10.7. The molecular weight excluding hydrogens is 362 g/mol. The number of benzene rings is 2. The van der Waals surface area contributed by atoms with Crippen molar-refractivity contribution >= 4 is 5.97 Å². The normalized spacial score (nSPS) is 23.2. The van der Waals surface area contributed by atoms with Gasteiger partial charge in [-0.3, -0.25) is 9.69 Å². The maximum atomic E-state index is 13.0. The van der Waals surface area contributed by atoms with E-state index >= 15 is 0 Å². The van der Waals surface area contributed by atoms with Crippen LogP contribution in [-0.4, -0.2) is 33.7 Å². The van der Waals surface area contributed by atoms with E-state index in [0.29, 0.717) is 13.0 Å². The summed E-state index contributed by atoms with van der Waals surface area (Å²) in [5.74, 6) is -0.838. The Balaban J connectivity index is 1.92. The number of aliphatic hydroxyl groups excluding tert-OH is 1. The predicted molar refractivity (Wildman–Crippen MR) is 115 cm³/mol. The standard InChI is InChI=1S/C25H33NO3/c1-18(20-13-9-6-10-14-20)26(17-19-11-7-5-8-12-19)21-15-16-22(27)23(21)24(28)29-25(2,3)4/h5-14,18,21-23,27H,15-17H2,1-4H3/t18-,21-,22-,23+/m0/s1. The van der Waals surface area contributed by atoms with E-state index in [2.05, 4.69) is 36.1 Å². The van der Waals surface area contributed by atoms with Crippen LogP contribution in [0.1, 0.15) is 57.7 Å². The molecular formula is C25H33NO3. The van der Waals surface area contributed by atoms with Crippen molar-refractivity contribution in [2.24, 2.45) is 5.92 Å². The van der Waals surface area contributed by atoms with Crippen molar-refractivity contribution in [2.45, 2.75) is 70.9 Å². The van der Waals surface area contributed by atoms with Crippen molar-refractivity contribution in [3.63, 3.8) is 0 Å². The molecule has 0 radical (unpaired) electrons. The van der Waals surface area contributed by atoms with Gasteiger partial charge >= 0.3 is 5.97 Å². The van der Waals surface area contributed by atoms with Gasteiger partial charge in [-0.05, 0) is 51.7 Å². The zero-order valence-corrected chi connectivity index (χ0v) is 17.9. The molecule has 0 aliphatic heterocycles. The quantitative estimate of drug-likeness (QED) is 0.719. The second-order valence-corrected chi connectivity index (χ2v) is 9.02. The lowest BCUT2D eigenvalue weighted by atomic mass is 9.95. The average molecular weight is 396 g/mol. The molecule has 1 fully saturated rings. The molecule has 0 bridgehead atoms. The number of rotatable bonds is 6. The molecule has 4 atom stereocenters. The Morgan fingerprint density at radius 3 is 2.24 bits per heavy atom. The molecule has 156 valence electrons. The minimum atomic E-state index is -0.670. The highest BCUT2D eigenvalue weighted by Gasteiger charge is 2.46. The Kier molecular flexibility index (Phi) is 6.76. The molecule has 0 spiro atoms. The van der Waals surface area contributed by atoms with Gasteiger partial charge in [0.1, 0.15) is 5.60 Å². The smallest absolute Gasteiger partial charge is 0.313 e. The summed E-state index contributed by atoms with van der Waals surface area (Å²) in [5.41, 5.74) is 1.83. The highest BCUT2D eigenvalue weighted by atomic mass is 16.6. The molecule has 3 rings (SSSR count). The van der Waals surface area contributed by atoms with Crippen LogP contribution in [0, 0.1) is 5.92 Å². The number of esters is 1. The van der Waals surface area contributed by atoms with Gasteiger partial charge in [0.05, 0.1) is 12.0 Å². The topological polar surface area (TPSA) is 49.8 Å². The highest BCUT2D eigenvalue weighted by Crippen LogP contribution is 2.37. The Bertz CT molecular complexity index is 785. The molecule has 4 heteroatoms. The van der Waals surface area contributed by atoms with Crippen LogP contribution in [0.2, 0.25) is 0 Å². The van der Waals surface area contributed by atoms with E-state index in [0.717, 1.165) is 6.42 Å². The number of hydrogen-bond acceptors (Lipinski definition) is 4. The Morgan fingerprint density at radius 2 is 1.66 bits per heavy atom. The summed E-state index contributed by atoms with van der Waals surface area (Å²) in [6.07, 6.45) is 0.715. The number of carbonyl (C=O) groups excluding carboxylic acids is 1. The number of ether oxygens (including phenoxy) is 1. The first-order valence-electron chi connectivity index (χ1n) is 10.5. The molecule has 1 N–H and O–H groups in total. The van der Waals surface area contributed by atoms with E-state index in [1.165, 1.54) is 11.1 Å². The summed E-state index contributed by atoms with van der Waals surface area (Å²) in [6.45, 7) is 8.50. The van der Waals surface area contributed by atoms with E-state index in [-0.39, 0.29) is 18.1 Å². The van der Waals surface area contributed by atoms with Gasteiger partial charge in [-0.15, -0.1) is 0 Å². The van der Waals surface area contributed by atoms with Crippen molar-refractivity contribution in [1.29, 1.82) is 0 Å². The van der Waals surface area contributed by atoms with Crippen molar-refractivity contribution in [3.8, 4) is 0 Å². The summed E-state index contributed by atoms with van der Waals surface area (Å²) < 4.78 is 5.68. The molecule has 0 heterocycles. The number of carbonyl (C=O) groups is 1. The maximum Gasteiger partial charge on any atom is 0.313 e. The van der Waals surface area contributed by atoms with Crippen LogP contribution in [0.3, 0.4) is 0 Å². The number of hydrogen-bond donors (Lipinski definition) is 1. The first-order valence-corrected chi connectivity index (χ1v) is 10.5. The van der Waals surface area contributed by atoms with Gasteiger partial charge in [0.2, 0.25) is 0 Å². The molecule has 0 saturated heterocycles. The molecule has 29 heavy (non-hydrogen) atoms. The lowest BCUT2D eigenvalue weighted by Gasteiger charge is -2.38. The third-order valence-corrected chi connectivity index (χ3v) is 5.68. The first-order chi connectivity index (χ1) is 13.8. The van der Waals surface area contributed by atoms with Gasteiger partial charge in [-0.2, -0.15) is 0 Å². The molecule has 1 aliphatic carbocycles. The molecule has 1 saturated carbocycles. The Labute approximate surface area is 174 Å². The van der Waals surface area contributed by atoms with Gasteiger partial charge in [-0.25, -0.2) is 0 Å². The van der Waals surface area contributed by atoms with Crippen LogP contribution < -0.4 is 0 Å². The summed E-state index contributed by atoms with van der Waals surface area (Å²) in [6, 6.07) is 20.7. The number of nitrogens with zero attached hydrogens (tertiary/aromatic N) is 1. The second kappa shape index (κ2) is 9.10. The molecule has 0 amide bonds. The minimum absolute atomic E-state index is 0.0738. The molecule has 2 aromatic rings. The SMILES string of the molecule is C[C@@H](c1ccccc1)N(Cc1ccccc1)[C@H]1CC[C@H](O)[C@@H]1C(=O)OC(C)(C)C. The Hall–Kier alpha value is -2.17. The monoisotopic (exact) mass is 395 g/mol. The zero-order chi connectivity index (χ0) is 21.0. The van der Waals surface area contributed by atoms with Gasteiger partial charge < -0.3 is 9.84 Å². The summed E-state index contributed by atoms with van der Waals surface area (Å²) in [7, 11) is 0. The fraction of sp³-hybridized carbons (Fsp3) is 0.480. The lowest BCUT2D eigenvalue weighted by Crippen LogP contribution is -2.46. The van der Waals surface area contributed by atoms with Gasteiger partial charge in [0.25, 0.3) is 0 Å². The number of aliphatic hydroxyl groups is 1. The second-order valence-electron chi connectivity index (χ2n) is 9.02. The first kappa shape index (κ1) is 21.5. The van der Waals surface area contributed by atoms with Crippen LogP contribution in [-0.2, 0) is 16.1 Å². The van der Waals surface area contributed by atoms with Crippen molar-refractivity contribution < 1.29 is 14.6 Å². The molecule has 0 unspecified atom stereocenters. The largest absolute Gasteiger partial charge is 0.460 e. The highest BCUT2D eigenvalue weighted by molar-refractivity contribution is 5.75. The van der Waals surface area contributed by atoms with Crippen LogP contribution in [0.25, 0.3) is 0 Å². The summed E-state index contributed by atoms with van der Waals surface area (Å²) in [4.78, 5) is 15.3. The van der Waals surface area contributed by atoms with Crippen LogP contribution in [0.5, 0.6) is 0 Å². The van der Waals surface area contributed by atoms with Crippen LogP contribution in [0.15, 0.2) is 60.7 Å². The van der Waals surface area contributed by atoms with Crippen molar-refractivity contribution in [2.75, 3.05) is 0 Å². The van der Waals surface area contributed by atoms with Gasteiger partial charge in [0.15, 0.2) is 0 Å². The van der Waals surface area contributed by atoms with Crippen LogP contribution in [0.4, 0.5) is 0 Å². The van der Waals surface area contributed by atoms with E-state index in [9.17, 15) is 9.90 Å². The minimum Gasteiger partial charge on any atom is -0.460 e. The average Bonchev–Trinajstić information content (AvgIpc) is 3.07. The zero-order valence-electron chi connectivity index (χ0n) is 17.9. The van der Waals surface area contributed by atoms with Gasteiger partial charge in [-0.1, -0.05) is 60.7 Å². The van der Waals surface area contributed by atoms with E-state index < -0.39 is 17.6 Å². The Morgan fingerprint density at radius 1 is 1.07 bits per heavy atom. The van der Waals surface area contributed by atoms with Crippen molar-refractivity contribution in [3.05, 3.63) is 71.8 Å². The third kappa shape index (κ3) is 5.46. The van der Waals surface area contributed by atoms with E-state index in [1.54, 1.807) is 0 Å². The fourth-order valence-corrected chi connectivity index (χ4v) is 4.27. The molecule has 1 aliphatic rings. The lowest BCUT2D eigenvalue weighted by molar-refractivity contribution is -0.165. The van der Waals surface area contributed by atoms with Crippen molar-refractivity contribution in [1.82, 2.24) is 4.90 Å². The van der Waals surface area contributed by atoms with E-state index in [1.807, 2.05) is 57.2 Å². The summed E-state index contributed by atoms with van der Waals surface area (Å²) >= 11 is 0. The van der Waals surface area contributed by atoms with Crippen LogP contribution >= 0.6 is 0 Å². The third-order valence-electron chi connectivity index (χ3n) is 5.68. The maximum absolute atomic E-state index is 13.0. The fourth-order valence-electron chi connectivity index (χ4n) is 4.27. The molecule has 4 nitrogen and oxygen atoms in total. The molecule has 2 aromatic carbocycles. The molecule has 0 aromatic heterocycles. The van der Waals surface area contributed by atoms with Gasteiger partial charge in [0, 0.05) is 18.6 Å². The predicted octanol–water partition coefficient (Wildman–Crippen LogP) is 4.73. The van der Waals surface area contributed by atoms with E-state index in [4.69, 9.17) is 4.74 Å².